The van der Waals surface area contributed by atoms with Gasteiger partial charge in [0.1, 0.15) is 5.75 Å². The average Bonchev–Trinajstić information content (AvgIpc) is 2.89. The number of likely N-dealkylation sites (N-methyl/N-ethyl adjacent to an activating group) is 1. The number of phenols is 1. The quantitative estimate of drug-likeness (QED) is 0.361. The van der Waals surface area contributed by atoms with Crippen LogP contribution in [0.1, 0.15) is 81.2 Å². The van der Waals surface area contributed by atoms with Gasteiger partial charge in [0, 0.05) is 40.6 Å². The lowest BCUT2D eigenvalue weighted by Gasteiger charge is -2.37. The summed E-state index contributed by atoms with van der Waals surface area (Å²) < 4.78 is 0. The van der Waals surface area contributed by atoms with Crippen molar-refractivity contribution in [2.45, 2.75) is 82.8 Å². The summed E-state index contributed by atoms with van der Waals surface area (Å²) in [5.41, 5.74) is 5.16. The summed E-state index contributed by atoms with van der Waals surface area (Å²) in [6.45, 7) is 9.68. The summed E-state index contributed by atoms with van der Waals surface area (Å²) in [5, 5.41) is 15.5. The Morgan fingerprint density at radius 2 is 1.33 bits per heavy atom. The molecular formula is C33H44N2O. The number of nitrogens with one attached hydrogen (secondary N) is 1. The lowest BCUT2D eigenvalue weighted by atomic mass is 9.72. The van der Waals surface area contributed by atoms with Crippen LogP contribution in [0.25, 0.3) is 0 Å². The fraction of sp³-hybridized carbons (Fsp3) is 0.455. The first kappa shape index (κ1) is 26.4. The van der Waals surface area contributed by atoms with E-state index in [9.17, 15) is 5.11 Å². The molecule has 3 aromatic carbocycles. The molecule has 1 aliphatic carbocycles. The second-order valence-corrected chi connectivity index (χ2v) is 11.8. The van der Waals surface area contributed by atoms with Crippen LogP contribution in [-0.2, 0) is 17.4 Å². The van der Waals surface area contributed by atoms with Gasteiger partial charge in [-0.05, 0) is 49.7 Å². The predicted octanol–water partition coefficient (Wildman–Crippen LogP) is 7.01. The van der Waals surface area contributed by atoms with Crippen molar-refractivity contribution in [2.75, 3.05) is 14.1 Å². The van der Waals surface area contributed by atoms with Gasteiger partial charge in [0.05, 0.1) is 0 Å². The van der Waals surface area contributed by atoms with Gasteiger partial charge in [-0.3, -0.25) is 0 Å². The summed E-state index contributed by atoms with van der Waals surface area (Å²) in [6, 6.07) is 26.7. The highest BCUT2D eigenvalue weighted by Crippen LogP contribution is 2.43. The number of rotatable bonds is 8. The minimum atomic E-state index is -0.333. The maximum atomic E-state index is 11.7. The zero-order valence-electron chi connectivity index (χ0n) is 23.0. The Balaban J connectivity index is 1.77. The summed E-state index contributed by atoms with van der Waals surface area (Å²) in [4.78, 5) is 2.36. The molecule has 3 heteroatoms. The molecule has 0 amide bonds. The monoisotopic (exact) mass is 484 g/mol. The number of phenolic OH excluding ortho intramolecular Hbond substituents is 1. The molecule has 0 spiro atoms. The van der Waals surface area contributed by atoms with Crippen LogP contribution in [0.5, 0.6) is 5.75 Å². The van der Waals surface area contributed by atoms with Gasteiger partial charge in [-0.25, -0.2) is 0 Å². The van der Waals surface area contributed by atoms with Gasteiger partial charge in [0.25, 0.3) is 0 Å². The minimum Gasteiger partial charge on any atom is -0.507 e. The average molecular weight is 485 g/mol. The van der Waals surface area contributed by atoms with Gasteiger partial charge in [0.15, 0.2) is 0 Å². The van der Waals surface area contributed by atoms with Gasteiger partial charge in [0.2, 0.25) is 0 Å². The van der Waals surface area contributed by atoms with Crippen LogP contribution in [0, 0.1) is 0 Å². The van der Waals surface area contributed by atoms with Crippen molar-refractivity contribution in [1.82, 2.24) is 10.2 Å². The lowest BCUT2D eigenvalue weighted by Crippen LogP contribution is -2.48. The summed E-state index contributed by atoms with van der Waals surface area (Å²) in [7, 11) is 4.37. The number of hydrogen-bond donors (Lipinski definition) is 2. The van der Waals surface area contributed by atoms with E-state index >= 15 is 0 Å². The Hall–Kier alpha value is -2.62. The van der Waals surface area contributed by atoms with Crippen molar-refractivity contribution < 1.29 is 5.11 Å². The molecule has 0 unspecified atom stereocenters. The smallest absolute Gasteiger partial charge is 0.124 e. The van der Waals surface area contributed by atoms with E-state index in [2.05, 4.69) is 125 Å². The Bertz CT molecular complexity index is 1140. The van der Waals surface area contributed by atoms with Crippen molar-refractivity contribution in [1.29, 1.82) is 0 Å². The molecule has 3 nitrogen and oxygen atoms in total. The minimum absolute atomic E-state index is 0.192. The zero-order chi connectivity index (χ0) is 25.9. The molecule has 0 aromatic heterocycles. The number of hydrogen-bond acceptors (Lipinski definition) is 3. The Morgan fingerprint density at radius 3 is 1.92 bits per heavy atom. The first-order valence-corrected chi connectivity index (χ1v) is 13.5. The SMILES string of the molecule is CN(C)[C@@H]1CCCC[C@H]1NCc1cc(C(C)(C)c2ccccc2)cc(C(C)(C)c2ccccc2)c1O. The standard InChI is InChI=1S/C33H44N2O/c1-32(2,25-15-9-7-10-16-25)27-21-24(23-34-29-19-13-14-20-30(29)35(5)6)31(36)28(22-27)33(3,4)26-17-11-8-12-18-26/h7-12,15-18,21-22,29-30,34,36H,13-14,19-20,23H2,1-6H3/t29-,30-/m1/s1. The molecule has 0 saturated heterocycles. The fourth-order valence-electron chi connectivity index (χ4n) is 5.91. The molecule has 2 atom stereocenters. The van der Waals surface area contributed by atoms with Crippen molar-refractivity contribution in [3.63, 3.8) is 0 Å². The van der Waals surface area contributed by atoms with E-state index in [1.165, 1.54) is 42.4 Å². The molecule has 2 N–H and O–H groups in total. The van der Waals surface area contributed by atoms with Crippen LogP contribution in [-0.4, -0.2) is 36.2 Å². The van der Waals surface area contributed by atoms with E-state index in [0.29, 0.717) is 24.4 Å². The van der Waals surface area contributed by atoms with Crippen LogP contribution in [0.2, 0.25) is 0 Å². The highest BCUT2D eigenvalue weighted by molar-refractivity contribution is 5.54. The van der Waals surface area contributed by atoms with Crippen molar-refractivity contribution in [3.05, 3.63) is 101 Å². The van der Waals surface area contributed by atoms with Gasteiger partial charge in [-0.15, -0.1) is 0 Å². The molecular weight excluding hydrogens is 440 g/mol. The third-order valence-electron chi connectivity index (χ3n) is 8.52. The third kappa shape index (κ3) is 5.38. The summed E-state index contributed by atoms with van der Waals surface area (Å²) in [5.74, 6) is 0.418. The van der Waals surface area contributed by atoms with E-state index in [1.54, 1.807) is 0 Å². The van der Waals surface area contributed by atoms with Gasteiger partial charge in [-0.2, -0.15) is 0 Å². The Morgan fingerprint density at radius 1 is 0.778 bits per heavy atom. The number of aromatic hydroxyl groups is 1. The van der Waals surface area contributed by atoms with Crippen LogP contribution in [0.15, 0.2) is 72.8 Å². The van der Waals surface area contributed by atoms with Crippen molar-refractivity contribution in [3.8, 4) is 5.75 Å². The Labute approximate surface area is 218 Å². The second-order valence-electron chi connectivity index (χ2n) is 11.8. The number of nitrogens with zero attached hydrogens (tertiary/aromatic N) is 1. The van der Waals surface area contributed by atoms with Crippen LogP contribution in [0.3, 0.4) is 0 Å². The van der Waals surface area contributed by atoms with Gasteiger partial charge >= 0.3 is 0 Å². The molecule has 1 saturated carbocycles. The molecule has 192 valence electrons. The molecule has 1 aliphatic rings. The molecule has 1 fully saturated rings. The topological polar surface area (TPSA) is 35.5 Å². The first-order chi connectivity index (χ1) is 17.1. The van der Waals surface area contributed by atoms with E-state index in [-0.39, 0.29) is 10.8 Å². The van der Waals surface area contributed by atoms with Crippen LogP contribution >= 0.6 is 0 Å². The zero-order valence-corrected chi connectivity index (χ0v) is 23.0. The van der Waals surface area contributed by atoms with Crippen LogP contribution < -0.4 is 5.32 Å². The molecule has 0 aliphatic heterocycles. The fourth-order valence-corrected chi connectivity index (χ4v) is 5.91. The van der Waals surface area contributed by atoms with Crippen molar-refractivity contribution in [2.24, 2.45) is 0 Å². The molecule has 0 bridgehead atoms. The maximum absolute atomic E-state index is 11.7. The molecule has 0 heterocycles. The third-order valence-corrected chi connectivity index (χ3v) is 8.52. The van der Waals surface area contributed by atoms with E-state index in [4.69, 9.17) is 0 Å². The molecule has 0 radical (unpaired) electrons. The second kappa shape index (κ2) is 10.8. The highest BCUT2D eigenvalue weighted by Gasteiger charge is 2.32. The first-order valence-electron chi connectivity index (χ1n) is 13.5. The van der Waals surface area contributed by atoms with E-state index in [0.717, 1.165) is 11.1 Å². The molecule has 36 heavy (non-hydrogen) atoms. The van der Waals surface area contributed by atoms with E-state index < -0.39 is 0 Å². The normalized spacial score (nSPS) is 19.0. The largest absolute Gasteiger partial charge is 0.507 e. The molecule has 4 rings (SSSR count). The summed E-state index contributed by atoms with van der Waals surface area (Å²) >= 11 is 0. The van der Waals surface area contributed by atoms with Gasteiger partial charge in [-0.1, -0.05) is 107 Å². The number of benzene rings is 3. The summed E-state index contributed by atoms with van der Waals surface area (Å²) in [6.07, 6.45) is 4.97. The maximum Gasteiger partial charge on any atom is 0.124 e. The van der Waals surface area contributed by atoms with Crippen LogP contribution in [0.4, 0.5) is 0 Å². The van der Waals surface area contributed by atoms with Crippen molar-refractivity contribution >= 4 is 0 Å². The van der Waals surface area contributed by atoms with E-state index in [1.807, 2.05) is 0 Å². The van der Waals surface area contributed by atoms with Gasteiger partial charge < -0.3 is 15.3 Å². The Kier molecular flexibility index (Phi) is 7.92. The highest BCUT2D eigenvalue weighted by atomic mass is 16.3. The molecule has 3 aromatic rings. The predicted molar refractivity (Wildman–Crippen MR) is 152 cm³/mol. The lowest BCUT2D eigenvalue weighted by molar-refractivity contribution is 0.175.